The second-order valence-corrected chi connectivity index (χ2v) is 5.82. The normalized spacial score (nSPS) is 26.5. The third-order valence-electron chi connectivity index (χ3n) is 3.21. The number of carbonyl (C=O) groups excluding carboxylic acids is 1. The first-order valence-corrected chi connectivity index (χ1v) is 7.45. The zero-order valence-electron chi connectivity index (χ0n) is 10.4. The fourth-order valence-corrected chi connectivity index (χ4v) is 2.88. The van der Waals surface area contributed by atoms with E-state index in [2.05, 4.69) is 12.2 Å². The van der Waals surface area contributed by atoms with E-state index in [9.17, 15) is 4.79 Å². The first kappa shape index (κ1) is 14.8. The minimum atomic E-state index is -0.721. The second-order valence-electron chi connectivity index (χ2n) is 4.79. The fourth-order valence-electron chi connectivity index (χ4n) is 2.12. The molecule has 0 aromatic rings. The molecule has 5 heteroatoms. The summed E-state index contributed by atoms with van der Waals surface area (Å²) in [6.45, 7) is 1.95. The number of aliphatic hydroxyl groups is 2. The molecule has 1 amide bonds. The van der Waals surface area contributed by atoms with Gasteiger partial charge in [0, 0.05) is 11.8 Å². The molecule has 1 fully saturated rings. The zero-order chi connectivity index (χ0) is 12.7. The minimum Gasteiger partial charge on any atom is -0.394 e. The van der Waals surface area contributed by atoms with Crippen molar-refractivity contribution in [3.05, 3.63) is 0 Å². The Labute approximate surface area is 107 Å². The van der Waals surface area contributed by atoms with Gasteiger partial charge in [0.25, 0.3) is 0 Å². The molecule has 4 nitrogen and oxygen atoms in total. The Morgan fingerprint density at radius 1 is 1.47 bits per heavy atom. The van der Waals surface area contributed by atoms with Gasteiger partial charge in [0.2, 0.25) is 5.91 Å². The maximum Gasteiger partial charge on any atom is 0.230 e. The molecular formula is C12H23NO3S. The Morgan fingerprint density at radius 3 is 2.82 bits per heavy atom. The van der Waals surface area contributed by atoms with Crippen LogP contribution in [0.25, 0.3) is 0 Å². The number of hydrogen-bond donors (Lipinski definition) is 3. The van der Waals surface area contributed by atoms with Crippen LogP contribution < -0.4 is 5.32 Å². The summed E-state index contributed by atoms with van der Waals surface area (Å²) in [7, 11) is 0. The van der Waals surface area contributed by atoms with Crippen LogP contribution >= 0.6 is 11.8 Å². The van der Waals surface area contributed by atoms with Gasteiger partial charge in [-0.15, -0.1) is 11.8 Å². The Balaban J connectivity index is 2.15. The SMILES string of the molecule is CC1CCCCC1NC(=O)CSCC(O)CO. The molecule has 0 heterocycles. The fraction of sp³-hybridized carbons (Fsp3) is 0.917. The number of rotatable bonds is 6. The highest BCUT2D eigenvalue weighted by Crippen LogP contribution is 2.23. The van der Waals surface area contributed by atoms with Gasteiger partial charge in [-0.25, -0.2) is 0 Å². The maximum absolute atomic E-state index is 11.7. The van der Waals surface area contributed by atoms with E-state index >= 15 is 0 Å². The van der Waals surface area contributed by atoms with Crippen LogP contribution in [0, 0.1) is 5.92 Å². The van der Waals surface area contributed by atoms with Crippen LogP contribution in [0.1, 0.15) is 32.6 Å². The van der Waals surface area contributed by atoms with Gasteiger partial charge in [0.1, 0.15) is 0 Å². The van der Waals surface area contributed by atoms with Crippen LogP contribution in [0.5, 0.6) is 0 Å². The number of nitrogens with one attached hydrogen (secondary N) is 1. The standard InChI is InChI=1S/C12H23NO3S/c1-9-4-2-3-5-11(9)13-12(16)8-17-7-10(15)6-14/h9-11,14-15H,2-8H2,1H3,(H,13,16). The van der Waals surface area contributed by atoms with E-state index in [0.717, 1.165) is 6.42 Å². The maximum atomic E-state index is 11.7. The predicted octanol–water partition coefficient (Wildman–Crippen LogP) is 0.768. The van der Waals surface area contributed by atoms with E-state index < -0.39 is 6.10 Å². The summed E-state index contributed by atoms with van der Waals surface area (Å²) in [6, 6.07) is 0.319. The molecular weight excluding hydrogens is 238 g/mol. The molecule has 0 aromatic carbocycles. The molecule has 1 saturated carbocycles. The highest BCUT2D eigenvalue weighted by molar-refractivity contribution is 7.99. The lowest BCUT2D eigenvalue weighted by Crippen LogP contribution is -2.42. The molecule has 1 rings (SSSR count). The molecule has 1 aliphatic rings. The quantitative estimate of drug-likeness (QED) is 0.660. The Bertz CT molecular complexity index is 238. The van der Waals surface area contributed by atoms with Crippen molar-refractivity contribution in [1.29, 1.82) is 0 Å². The van der Waals surface area contributed by atoms with E-state index in [4.69, 9.17) is 10.2 Å². The number of hydrogen-bond acceptors (Lipinski definition) is 4. The van der Waals surface area contributed by atoms with Crippen molar-refractivity contribution < 1.29 is 15.0 Å². The van der Waals surface area contributed by atoms with Gasteiger partial charge in [-0.3, -0.25) is 4.79 Å². The molecule has 0 radical (unpaired) electrons. The molecule has 0 bridgehead atoms. The molecule has 3 N–H and O–H groups in total. The van der Waals surface area contributed by atoms with Crippen molar-refractivity contribution in [3.8, 4) is 0 Å². The summed E-state index contributed by atoms with van der Waals surface area (Å²) in [5.74, 6) is 1.38. The van der Waals surface area contributed by atoms with Crippen molar-refractivity contribution in [3.63, 3.8) is 0 Å². The Kier molecular flexibility index (Phi) is 6.92. The van der Waals surface area contributed by atoms with Crippen molar-refractivity contribution in [2.24, 2.45) is 5.92 Å². The van der Waals surface area contributed by atoms with E-state index in [1.54, 1.807) is 0 Å². The number of amides is 1. The highest BCUT2D eigenvalue weighted by Gasteiger charge is 2.22. The van der Waals surface area contributed by atoms with Crippen molar-refractivity contribution in [2.45, 2.75) is 44.8 Å². The lowest BCUT2D eigenvalue weighted by molar-refractivity contribution is -0.119. The van der Waals surface area contributed by atoms with Crippen LogP contribution in [0.15, 0.2) is 0 Å². The third-order valence-corrected chi connectivity index (χ3v) is 4.30. The van der Waals surface area contributed by atoms with Gasteiger partial charge in [-0.1, -0.05) is 19.8 Å². The van der Waals surface area contributed by atoms with Gasteiger partial charge >= 0.3 is 0 Å². The molecule has 100 valence electrons. The Hall–Kier alpha value is -0.260. The van der Waals surface area contributed by atoms with Crippen molar-refractivity contribution in [2.75, 3.05) is 18.1 Å². The number of carbonyl (C=O) groups is 1. The van der Waals surface area contributed by atoms with E-state index in [1.165, 1.54) is 31.0 Å². The average Bonchev–Trinajstić information content (AvgIpc) is 2.32. The second kappa shape index (κ2) is 7.95. The summed E-state index contributed by atoms with van der Waals surface area (Å²) in [5, 5.41) is 20.8. The summed E-state index contributed by atoms with van der Waals surface area (Å²) < 4.78 is 0. The molecule has 17 heavy (non-hydrogen) atoms. The molecule has 0 saturated heterocycles. The summed E-state index contributed by atoms with van der Waals surface area (Å²) in [5.41, 5.74) is 0. The van der Waals surface area contributed by atoms with Gasteiger partial charge in [0.05, 0.1) is 18.5 Å². The van der Waals surface area contributed by atoms with Crippen LogP contribution in [0.4, 0.5) is 0 Å². The van der Waals surface area contributed by atoms with Gasteiger partial charge in [0.15, 0.2) is 0 Å². The van der Waals surface area contributed by atoms with Gasteiger partial charge in [-0.2, -0.15) is 0 Å². The summed E-state index contributed by atoms with van der Waals surface area (Å²) in [6.07, 6.45) is 4.02. The number of aliphatic hydroxyl groups excluding tert-OH is 2. The smallest absolute Gasteiger partial charge is 0.230 e. The van der Waals surface area contributed by atoms with E-state index in [1.807, 2.05) is 0 Å². The van der Waals surface area contributed by atoms with Crippen molar-refractivity contribution in [1.82, 2.24) is 5.32 Å². The Morgan fingerprint density at radius 2 is 2.18 bits per heavy atom. The van der Waals surface area contributed by atoms with E-state index in [-0.39, 0.29) is 12.5 Å². The number of thioether (sulfide) groups is 1. The first-order chi connectivity index (χ1) is 8.13. The van der Waals surface area contributed by atoms with Crippen LogP contribution in [0.2, 0.25) is 0 Å². The van der Waals surface area contributed by atoms with Crippen LogP contribution in [0.3, 0.4) is 0 Å². The summed E-state index contributed by atoms with van der Waals surface area (Å²) in [4.78, 5) is 11.7. The largest absolute Gasteiger partial charge is 0.394 e. The summed E-state index contributed by atoms with van der Waals surface area (Å²) >= 11 is 1.36. The highest BCUT2D eigenvalue weighted by atomic mass is 32.2. The third kappa shape index (κ3) is 5.75. The van der Waals surface area contributed by atoms with Gasteiger partial charge < -0.3 is 15.5 Å². The minimum absolute atomic E-state index is 0.0406. The molecule has 0 aromatic heterocycles. The molecule has 3 unspecified atom stereocenters. The molecule has 0 aliphatic heterocycles. The average molecular weight is 261 g/mol. The van der Waals surface area contributed by atoms with Gasteiger partial charge in [-0.05, 0) is 18.8 Å². The molecule has 3 atom stereocenters. The lowest BCUT2D eigenvalue weighted by Gasteiger charge is -2.29. The van der Waals surface area contributed by atoms with Crippen LogP contribution in [-0.4, -0.2) is 46.4 Å². The molecule has 1 aliphatic carbocycles. The zero-order valence-corrected chi connectivity index (χ0v) is 11.2. The monoisotopic (exact) mass is 261 g/mol. The van der Waals surface area contributed by atoms with Crippen LogP contribution in [-0.2, 0) is 4.79 Å². The lowest BCUT2D eigenvalue weighted by atomic mass is 9.86. The van der Waals surface area contributed by atoms with E-state index in [0.29, 0.717) is 23.5 Å². The van der Waals surface area contributed by atoms with Crippen molar-refractivity contribution >= 4 is 17.7 Å². The predicted molar refractivity (Wildman–Crippen MR) is 70.0 cm³/mol. The first-order valence-electron chi connectivity index (χ1n) is 6.29. The topological polar surface area (TPSA) is 69.6 Å². The molecule has 0 spiro atoms.